The van der Waals surface area contributed by atoms with Gasteiger partial charge in [0.25, 0.3) is 0 Å². The molecule has 0 radical (unpaired) electrons. The van der Waals surface area contributed by atoms with Gasteiger partial charge in [-0.15, -0.1) is 0 Å². The summed E-state index contributed by atoms with van der Waals surface area (Å²) in [5.41, 5.74) is -0.506. The van der Waals surface area contributed by atoms with Gasteiger partial charge in [0.05, 0.1) is 6.42 Å². The number of hydrogen-bond donors (Lipinski definition) is 3. The number of hydrogen-bond acceptors (Lipinski definition) is 5. The Hall–Kier alpha value is -1.67. The Labute approximate surface area is 293 Å². The van der Waals surface area contributed by atoms with E-state index in [0.717, 1.165) is 58.3 Å². The summed E-state index contributed by atoms with van der Waals surface area (Å²) in [5, 5.41) is 29.4. The normalized spacial score (nSPS) is 21.7. The van der Waals surface area contributed by atoms with Gasteiger partial charge in [0.1, 0.15) is 0 Å². The van der Waals surface area contributed by atoms with Crippen molar-refractivity contribution in [2.75, 3.05) is 26.2 Å². The van der Waals surface area contributed by atoms with E-state index < -0.39 is 23.4 Å². The minimum atomic E-state index is -0.824. The van der Waals surface area contributed by atoms with Crippen LogP contribution in [0.25, 0.3) is 0 Å². The van der Waals surface area contributed by atoms with Gasteiger partial charge in [0, 0.05) is 24.4 Å². The van der Waals surface area contributed by atoms with E-state index in [2.05, 4.69) is 16.7 Å². The van der Waals surface area contributed by atoms with E-state index in [-0.39, 0.29) is 25.2 Å². The highest BCUT2D eigenvalue weighted by Crippen LogP contribution is 2.37. The number of carboxylic acid groups (broad SMARTS) is 3. The molecule has 2 rings (SSSR count). The lowest BCUT2D eigenvalue weighted by molar-refractivity contribution is -0.142. The molecule has 280 valence electrons. The summed E-state index contributed by atoms with van der Waals surface area (Å²) in [4.78, 5) is 41.1. The Bertz CT molecular complexity index is 845. The lowest BCUT2D eigenvalue weighted by Crippen LogP contribution is -2.52. The second-order valence-electron chi connectivity index (χ2n) is 15.4. The molecule has 0 aromatic heterocycles. The Balaban J connectivity index is 2.34. The second-order valence-corrected chi connectivity index (χ2v) is 15.4. The van der Waals surface area contributed by atoms with Gasteiger partial charge in [0.15, 0.2) is 0 Å². The van der Waals surface area contributed by atoms with Crippen LogP contribution in [0.15, 0.2) is 0 Å². The second kappa shape index (κ2) is 26.2. The number of carbonyl (C=O) groups is 3. The molecule has 48 heavy (non-hydrogen) atoms. The summed E-state index contributed by atoms with van der Waals surface area (Å²) < 4.78 is 0. The number of nitrogens with zero attached hydrogens (tertiary/aromatic N) is 2. The standard InChI is InChI=1S/C40H74N2O6/c1-2-36(41-29-19-13-9-5-3-6-10-14-20-30-41)26-28-40(34-39(47)48,42-31-21-15-11-7-4-8-12-16-22-32-42)27-25-35(33-38(45)46)23-17-18-24-37(43)44/h35-36H,2-34H2,1H3,(H,43,44)(H,45,46)(H,47,48). The minimum Gasteiger partial charge on any atom is -0.481 e. The third-order valence-electron chi connectivity index (χ3n) is 11.6. The van der Waals surface area contributed by atoms with Crippen LogP contribution in [0.5, 0.6) is 0 Å². The van der Waals surface area contributed by atoms with Crippen LogP contribution in [-0.4, -0.2) is 80.8 Å². The van der Waals surface area contributed by atoms with Crippen LogP contribution >= 0.6 is 0 Å². The lowest BCUT2D eigenvalue weighted by atomic mass is 9.78. The molecule has 8 heteroatoms. The van der Waals surface area contributed by atoms with Crippen LogP contribution in [0.1, 0.15) is 193 Å². The molecule has 0 aliphatic carbocycles. The molecule has 0 aromatic rings. The molecule has 2 aliphatic heterocycles. The third-order valence-corrected chi connectivity index (χ3v) is 11.6. The van der Waals surface area contributed by atoms with E-state index >= 15 is 0 Å². The van der Waals surface area contributed by atoms with E-state index in [9.17, 15) is 24.6 Å². The van der Waals surface area contributed by atoms with Gasteiger partial charge >= 0.3 is 17.9 Å². The zero-order valence-corrected chi connectivity index (χ0v) is 31.0. The van der Waals surface area contributed by atoms with Crippen LogP contribution in [-0.2, 0) is 14.4 Å². The van der Waals surface area contributed by atoms with Crippen molar-refractivity contribution in [1.82, 2.24) is 9.80 Å². The molecule has 0 bridgehead atoms. The summed E-state index contributed by atoms with van der Waals surface area (Å²) in [5.74, 6) is -2.47. The van der Waals surface area contributed by atoms with Crippen LogP contribution in [0.4, 0.5) is 0 Å². The highest BCUT2D eigenvalue weighted by Gasteiger charge is 2.39. The average Bonchev–Trinajstić information content (AvgIpc) is 3.02. The van der Waals surface area contributed by atoms with Crippen molar-refractivity contribution in [3.05, 3.63) is 0 Å². The Morgan fingerprint density at radius 2 is 1.02 bits per heavy atom. The van der Waals surface area contributed by atoms with E-state index in [1.165, 1.54) is 103 Å². The van der Waals surface area contributed by atoms with Gasteiger partial charge in [-0.3, -0.25) is 19.3 Å². The van der Waals surface area contributed by atoms with Gasteiger partial charge in [-0.25, -0.2) is 0 Å². The maximum absolute atomic E-state index is 12.8. The van der Waals surface area contributed by atoms with Crippen molar-refractivity contribution in [1.29, 1.82) is 0 Å². The topological polar surface area (TPSA) is 118 Å². The van der Waals surface area contributed by atoms with Crippen molar-refractivity contribution >= 4 is 17.9 Å². The SMILES string of the molecule is CCC(CCC(CCC(CCCCC(=O)O)CC(=O)O)(CC(=O)O)N1CCCCCCCCCCC1)N1CCCCCCCCCCC1. The zero-order chi connectivity index (χ0) is 34.9. The first kappa shape index (κ1) is 42.5. The molecular weight excluding hydrogens is 604 g/mol. The maximum atomic E-state index is 12.8. The largest absolute Gasteiger partial charge is 0.481 e. The highest BCUT2D eigenvalue weighted by atomic mass is 16.4. The maximum Gasteiger partial charge on any atom is 0.305 e. The summed E-state index contributed by atoms with van der Waals surface area (Å²) in [6.45, 7) is 6.39. The van der Waals surface area contributed by atoms with E-state index in [1.807, 2.05) is 0 Å². The van der Waals surface area contributed by atoms with Gasteiger partial charge in [0.2, 0.25) is 0 Å². The molecule has 2 heterocycles. The lowest BCUT2D eigenvalue weighted by Gasteiger charge is -2.46. The number of carboxylic acids is 3. The monoisotopic (exact) mass is 679 g/mol. The fourth-order valence-corrected chi connectivity index (χ4v) is 8.64. The van der Waals surface area contributed by atoms with Crippen molar-refractivity contribution < 1.29 is 29.7 Å². The summed E-state index contributed by atoms with van der Waals surface area (Å²) >= 11 is 0. The van der Waals surface area contributed by atoms with E-state index in [4.69, 9.17) is 5.11 Å². The number of unbranched alkanes of at least 4 members (excludes halogenated alkanes) is 1. The van der Waals surface area contributed by atoms with Crippen LogP contribution in [0, 0.1) is 5.92 Å². The Morgan fingerprint density at radius 3 is 1.46 bits per heavy atom. The number of rotatable bonds is 18. The Morgan fingerprint density at radius 1 is 0.562 bits per heavy atom. The first-order valence-electron chi connectivity index (χ1n) is 20.4. The fraction of sp³-hybridized carbons (Fsp3) is 0.925. The smallest absolute Gasteiger partial charge is 0.305 e. The van der Waals surface area contributed by atoms with Crippen molar-refractivity contribution in [2.45, 2.75) is 205 Å². The van der Waals surface area contributed by atoms with Gasteiger partial charge < -0.3 is 20.2 Å². The Kier molecular flexibility index (Phi) is 23.2. The van der Waals surface area contributed by atoms with Gasteiger partial charge in [-0.05, 0) is 103 Å². The summed E-state index contributed by atoms with van der Waals surface area (Å²) in [6, 6.07) is 0.430. The molecule has 0 aromatic carbocycles. The quantitative estimate of drug-likeness (QED) is 0.123. The molecule has 2 fully saturated rings. The molecule has 2 aliphatic rings. The van der Waals surface area contributed by atoms with E-state index in [0.29, 0.717) is 38.1 Å². The van der Waals surface area contributed by atoms with Crippen molar-refractivity contribution in [3.63, 3.8) is 0 Å². The molecule has 3 N–H and O–H groups in total. The molecule has 0 saturated carbocycles. The summed E-state index contributed by atoms with van der Waals surface area (Å²) in [6.07, 6.45) is 29.1. The fourth-order valence-electron chi connectivity index (χ4n) is 8.64. The minimum absolute atomic E-state index is 0.0571. The summed E-state index contributed by atoms with van der Waals surface area (Å²) in [7, 11) is 0. The van der Waals surface area contributed by atoms with Crippen molar-refractivity contribution in [2.24, 2.45) is 5.92 Å². The van der Waals surface area contributed by atoms with Crippen LogP contribution in [0.3, 0.4) is 0 Å². The van der Waals surface area contributed by atoms with Gasteiger partial charge in [-0.2, -0.15) is 0 Å². The predicted molar refractivity (Wildman–Crippen MR) is 196 cm³/mol. The van der Waals surface area contributed by atoms with Crippen molar-refractivity contribution in [3.8, 4) is 0 Å². The van der Waals surface area contributed by atoms with E-state index in [1.54, 1.807) is 0 Å². The molecule has 8 nitrogen and oxygen atoms in total. The number of aliphatic carboxylic acids is 3. The van der Waals surface area contributed by atoms with Crippen LogP contribution < -0.4 is 0 Å². The highest BCUT2D eigenvalue weighted by molar-refractivity contribution is 5.68. The zero-order valence-electron chi connectivity index (χ0n) is 31.0. The molecule has 3 unspecified atom stereocenters. The molecule has 0 spiro atoms. The average molecular weight is 679 g/mol. The first-order chi connectivity index (χ1) is 23.3. The third kappa shape index (κ3) is 18.9. The van der Waals surface area contributed by atoms with Crippen LogP contribution in [0.2, 0.25) is 0 Å². The molecule has 2 saturated heterocycles. The molecule has 3 atom stereocenters. The predicted octanol–water partition coefficient (Wildman–Crippen LogP) is 9.93. The van der Waals surface area contributed by atoms with Gasteiger partial charge in [-0.1, -0.05) is 103 Å². The molecule has 0 amide bonds. The first-order valence-corrected chi connectivity index (χ1v) is 20.4. The molecular formula is C40H74N2O6.